The van der Waals surface area contributed by atoms with Gasteiger partial charge in [0, 0.05) is 24.5 Å². The first-order valence-corrected chi connectivity index (χ1v) is 9.67. The van der Waals surface area contributed by atoms with Gasteiger partial charge in [0.25, 0.3) is 0 Å². The molecule has 3 aromatic rings. The average Bonchev–Trinajstić information content (AvgIpc) is 2.74. The minimum Gasteiger partial charge on any atom is -0.449 e. The molecule has 9 heteroatoms. The van der Waals surface area contributed by atoms with Crippen molar-refractivity contribution in [3.05, 3.63) is 74.8 Å². The molecule has 1 saturated heterocycles. The van der Waals surface area contributed by atoms with E-state index in [1.807, 2.05) is 35.3 Å². The van der Waals surface area contributed by atoms with Gasteiger partial charge in [-0.05, 0) is 24.3 Å². The van der Waals surface area contributed by atoms with E-state index in [9.17, 15) is 20.2 Å². The monoisotopic (exact) mass is 408 g/mol. The minimum atomic E-state index is -0.669. The highest BCUT2D eigenvalue weighted by molar-refractivity contribution is 5.88. The Morgan fingerprint density at radius 2 is 1.53 bits per heavy atom. The van der Waals surface area contributed by atoms with Gasteiger partial charge in [-0.15, -0.1) is 0 Å². The third kappa shape index (κ3) is 4.01. The second-order valence-electron chi connectivity index (χ2n) is 7.09. The van der Waals surface area contributed by atoms with Crippen LogP contribution >= 0.6 is 0 Å². The van der Waals surface area contributed by atoms with E-state index in [1.165, 1.54) is 6.07 Å². The van der Waals surface area contributed by atoms with Crippen molar-refractivity contribution in [1.82, 2.24) is 5.01 Å². The van der Waals surface area contributed by atoms with Gasteiger partial charge in [-0.3, -0.25) is 20.2 Å². The zero-order chi connectivity index (χ0) is 21.1. The molecule has 0 spiro atoms. The van der Waals surface area contributed by atoms with Crippen LogP contribution in [0.25, 0.3) is 10.8 Å². The average molecular weight is 408 g/mol. The van der Waals surface area contributed by atoms with Crippen LogP contribution in [0.3, 0.4) is 0 Å². The molecule has 3 aromatic carbocycles. The number of nitro benzene ring substituents is 2. The maximum atomic E-state index is 11.6. The lowest BCUT2D eigenvalue weighted by Crippen LogP contribution is -2.35. The number of hydrogen-bond acceptors (Lipinski definition) is 7. The van der Waals surface area contributed by atoms with Crippen molar-refractivity contribution in [2.24, 2.45) is 0 Å². The van der Waals surface area contributed by atoms with Crippen LogP contribution in [-0.4, -0.2) is 27.9 Å². The molecule has 0 aliphatic carbocycles. The molecule has 0 aromatic heterocycles. The number of rotatable bonds is 6. The topological polar surface area (TPSA) is 111 Å². The molecule has 1 heterocycles. The summed E-state index contributed by atoms with van der Waals surface area (Å²) in [5, 5.41) is 26.8. The SMILES string of the molecule is O=[N+]([O-])c1cc([N+](=O)[O-])c(Oc2cccc3ccccc23)cc1NN1CCCCC1. The molecule has 1 aliphatic heterocycles. The van der Waals surface area contributed by atoms with Crippen molar-refractivity contribution in [3.63, 3.8) is 0 Å². The Kier molecular flexibility index (Phi) is 5.44. The Morgan fingerprint density at radius 1 is 0.833 bits per heavy atom. The normalized spacial score (nSPS) is 14.4. The van der Waals surface area contributed by atoms with Crippen LogP contribution in [0.15, 0.2) is 54.6 Å². The molecular formula is C21H20N4O5. The number of nitrogens with one attached hydrogen (secondary N) is 1. The van der Waals surface area contributed by atoms with Crippen LogP contribution in [-0.2, 0) is 0 Å². The van der Waals surface area contributed by atoms with Crippen LogP contribution in [0.4, 0.5) is 17.1 Å². The number of ether oxygens (including phenoxy) is 1. The minimum absolute atomic E-state index is 0.0542. The molecule has 0 unspecified atom stereocenters. The fraction of sp³-hybridized carbons (Fsp3) is 0.238. The maximum Gasteiger partial charge on any atom is 0.318 e. The van der Waals surface area contributed by atoms with Gasteiger partial charge >= 0.3 is 11.4 Å². The zero-order valence-electron chi connectivity index (χ0n) is 16.1. The largest absolute Gasteiger partial charge is 0.449 e. The summed E-state index contributed by atoms with van der Waals surface area (Å²) in [5.74, 6) is 0.385. The van der Waals surface area contributed by atoms with Gasteiger partial charge in [0.1, 0.15) is 17.5 Å². The first kappa shape index (κ1) is 19.6. The Bertz CT molecular complexity index is 1110. The van der Waals surface area contributed by atoms with Gasteiger partial charge < -0.3 is 10.2 Å². The number of nitro groups is 2. The summed E-state index contributed by atoms with van der Waals surface area (Å²) in [4.78, 5) is 21.9. The molecule has 0 amide bonds. The van der Waals surface area contributed by atoms with Crippen LogP contribution < -0.4 is 10.2 Å². The maximum absolute atomic E-state index is 11.6. The molecule has 0 bridgehead atoms. The molecule has 4 rings (SSSR count). The molecule has 0 radical (unpaired) electrons. The first-order valence-electron chi connectivity index (χ1n) is 9.67. The predicted octanol–water partition coefficient (Wildman–Crippen LogP) is 5.26. The van der Waals surface area contributed by atoms with E-state index in [2.05, 4.69) is 5.43 Å². The highest BCUT2D eigenvalue weighted by Gasteiger charge is 2.27. The van der Waals surface area contributed by atoms with Crippen LogP contribution in [0.1, 0.15) is 19.3 Å². The van der Waals surface area contributed by atoms with Gasteiger partial charge in [-0.25, -0.2) is 5.01 Å². The Labute approximate surface area is 172 Å². The quantitative estimate of drug-likeness (QED) is 0.437. The van der Waals surface area contributed by atoms with Crippen LogP contribution in [0.2, 0.25) is 0 Å². The summed E-state index contributed by atoms with van der Waals surface area (Å²) in [6.45, 7) is 1.49. The van der Waals surface area contributed by atoms with Gasteiger partial charge in [0.2, 0.25) is 5.75 Å². The van der Waals surface area contributed by atoms with Gasteiger partial charge in [-0.1, -0.05) is 42.8 Å². The summed E-state index contributed by atoms with van der Waals surface area (Å²) >= 11 is 0. The number of piperidine rings is 1. The van der Waals surface area contributed by atoms with Gasteiger partial charge in [-0.2, -0.15) is 0 Å². The molecule has 154 valence electrons. The standard InChI is InChI=1S/C21H20N4O5/c26-24(27)18-14-19(25(28)29)21(13-17(18)22-23-11-4-1-5-12-23)30-20-10-6-8-15-7-2-3-9-16(15)20/h2-3,6-10,13-14,22H,1,4-5,11-12H2. The molecule has 9 nitrogen and oxygen atoms in total. The van der Waals surface area contributed by atoms with E-state index >= 15 is 0 Å². The number of anilines is 1. The lowest BCUT2D eigenvalue weighted by Gasteiger charge is -2.27. The predicted molar refractivity (Wildman–Crippen MR) is 113 cm³/mol. The summed E-state index contributed by atoms with van der Waals surface area (Å²) in [6, 6.07) is 15.2. The number of benzene rings is 3. The zero-order valence-corrected chi connectivity index (χ0v) is 16.1. The number of hydrogen-bond donors (Lipinski definition) is 1. The lowest BCUT2D eigenvalue weighted by atomic mass is 10.1. The van der Waals surface area contributed by atoms with Gasteiger partial charge in [0.15, 0.2) is 0 Å². The Hall–Kier alpha value is -3.72. The molecule has 30 heavy (non-hydrogen) atoms. The third-order valence-corrected chi connectivity index (χ3v) is 5.07. The fourth-order valence-electron chi connectivity index (χ4n) is 3.60. The van der Waals surface area contributed by atoms with E-state index in [1.54, 1.807) is 12.1 Å². The van der Waals surface area contributed by atoms with E-state index in [0.717, 1.165) is 49.2 Å². The Morgan fingerprint density at radius 3 is 2.27 bits per heavy atom. The molecule has 1 aliphatic rings. The number of hydrazine groups is 1. The van der Waals surface area contributed by atoms with Crippen molar-refractivity contribution in [3.8, 4) is 11.5 Å². The van der Waals surface area contributed by atoms with Crippen molar-refractivity contribution in [1.29, 1.82) is 0 Å². The second kappa shape index (κ2) is 8.34. The van der Waals surface area contributed by atoms with E-state index in [4.69, 9.17) is 4.74 Å². The second-order valence-corrected chi connectivity index (χ2v) is 7.09. The molecule has 1 N–H and O–H groups in total. The van der Waals surface area contributed by atoms with E-state index in [0.29, 0.717) is 5.75 Å². The van der Waals surface area contributed by atoms with Crippen molar-refractivity contribution < 1.29 is 14.6 Å². The third-order valence-electron chi connectivity index (χ3n) is 5.07. The molecule has 0 saturated carbocycles. The summed E-state index contributed by atoms with van der Waals surface area (Å²) in [7, 11) is 0. The summed E-state index contributed by atoms with van der Waals surface area (Å²) < 4.78 is 5.93. The summed E-state index contributed by atoms with van der Waals surface area (Å²) in [6.07, 6.45) is 3.07. The first-order chi connectivity index (χ1) is 14.5. The lowest BCUT2D eigenvalue weighted by molar-refractivity contribution is -0.394. The highest BCUT2D eigenvalue weighted by atomic mass is 16.6. The highest BCUT2D eigenvalue weighted by Crippen LogP contribution is 2.41. The molecule has 1 fully saturated rings. The molecule has 0 atom stereocenters. The number of nitrogens with zero attached hydrogens (tertiary/aromatic N) is 3. The van der Waals surface area contributed by atoms with Crippen LogP contribution in [0.5, 0.6) is 11.5 Å². The van der Waals surface area contributed by atoms with E-state index < -0.39 is 15.5 Å². The van der Waals surface area contributed by atoms with E-state index in [-0.39, 0.29) is 17.1 Å². The van der Waals surface area contributed by atoms with Crippen LogP contribution in [0, 0.1) is 20.2 Å². The van der Waals surface area contributed by atoms with Gasteiger partial charge in [0.05, 0.1) is 9.85 Å². The summed E-state index contributed by atoms with van der Waals surface area (Å²) in [5.41, 5.74) is 2.40. The van der Waals surface area contributed by atoms with Crippen molar-refractivity contribution in [2.75, 3.05) is 18.5 Å². The number of fused-ring (bicyclic) bond motifs is 1. The van der Waals surface area contributed by atoms with Crippen molar-refractivity contribution in [2.45, 2.75) is 19.3 Å². The smallest absolute Gasteiger partial charge is 0.318 e. The molecular weight excluding hydrogens is 388 g/mol. The Balaban J connectivity index is 1.77. The fourth-order valence-corrected chi connectivity index (χ4v) is 3.60. The van der Waals surface area contributed by atoms with Crippen molar-refractivity contribution >= 4 is 27.8 Å².